The molecular formula is C19H24FIN4O. The first kappa shape index (κ1) is 21.9. The monoisotopic (exact) mass is 470 g/mol. The molecule has 7 heteroatoms. The third kappa shape index (κ3) is 8.28. The zero-order valence-corrected chi connectivity index (χ0v) is 17.0. The van der Waals surface area contributed by atoms with Gasteiger partial charge in [0, 0.05) is 26.7 Å². The second-order valence-corrected chi connectivity index (χ2v) is 5.49. The third-order valence-corrected chi connectivity index (χ3v) is 3.54. The highest BCUT2D eigenvalue weighted by Crippen LogP contribution is 2.03. The van der Waals surface area contributed by atoms with Crippen molar-refractivity contribution in [3.63, 3.8) is 0 Å². The van der Waals surface area contributed by atoms with Crippen LogP contribution in [-0.2, 0) is 17.8 Å². The zero-order valence-electron chi connectivity index (χ0n) is 14.7. The van der Waals surface area contributed by atoms with Gasteiger partial charge in [0.15, 0.2) is 5.96 Å². The predicted octanol–water partition coefficient (Wildman–Crippen LogP) is 2.47. The molecular weight excluding hydrogens is 446 g/mol. The summed E-state index contributed by atoms with van der Waals surface area (Å²) in [7, 11) is 1.70. The second kappa shape index (κ2) is 12.2. The second-order valence-electron chi connectivity index (χ2n) is 5.49. The maximum atomic E-state index is 12.8. The minimum absolute atomic E-state index is 0. The van der Waals surface area contributed by atoms with E-state index in [4.69, 9.17) is 0 Å². The largest absolute Gasteiger partial charge is 0.355 e. The molecule has 3 N–H and O–H groups in total. The van der Waals surface area contributed by atoms with Crippen LogP contribution in [0.15, 0.2) is 59.6 Å². The summed E-state index contributed by atoms with van der Waals surface area (Å²) in [6.07, 6.45) is 0.237. The van der Waals surface area contributed by atoms with Gasteiger partial charge in [-0.3, -0.25) is 9.79 Å². The van der Waals surface area contributed by atoms with Crippen molar-refractivity contribution in [2.75, 3.05) is 20.1 Å². The molecule has 26 heavy (non-hydrogen) atoms. The number of hydrogen-bond donors (Lipinski definition) is 3. The minimum Gasteiger partial charge on any atom is -0.355 e. The summed E-state index contributed by atoms with van der Waals surface area (Å²) >= 11 is 0. The molecule has 5 nitrogen and oxygen atoms in total. The number of nitrogens with zero attached hydrogens (tertiary/aromatic N) is 1. The lowest BCUT2D eigenvalue weighted by Gasteiger charge is -2.12. The molecule has 0 aliphatic carbocycles. The molecule has 0 bridgehead atoms. The van der Waals surface area contributed by atoms with E-state index in [0.717, 1.165) is 11.1 Å². The van der Waals surface area contributed by atoms with Gasteiger partial charge in [-0.05, 0) is 23.3 Å². The van der Waals surface area contributed by atoms with Gasteiger partial charge in [-0.1, -0.05) is 42.5 Å². The SMILES string of the molecule is CN=C(NCCNC(=O)Cc1ccc(F)cc1)NCc1ccccc1.I. The molecule has 0 heterocycles. The number of carbonyl (C=O) groups excluding carboxylic acids is 1. The quantitative estimate of drug-likeness (QED) is 0.252. The van der Waals surface area contributed by atoms with Crippen LogP contribution in [0.3, 0.4) is 0 Å². The van der Waals surface area contributed by atoms with Gasteiger partial charge in [0.2, 0.25) is 5.91 Å². The van der Waals surface area contributed by atoms with Crippen LogP contribution in [0, 0.1) is 5.82 Å². The molecule has 0 saturated heterocycles. The fraction of sp³-hybridized carbons (Fsp3) is 0.263. The number of hydrogen-bond acceptors (Lipinski definition) is 2. The predicted molar refractivity (Wildman–Crippen MR) is 113 cm³/mol. The van der Waals surface area contributed by atoms with Crippen molar-refractivity contribution < 1.29 is 9.18 Å². The molecule has 2 aromatic rings. The van der Waals surface area contributed by atoms with Crippen LogP contribution in [0.5, 0.6) is 0 Å². The molecule has 2 aromatic carbocycles. The molecule has 0 spiro atoms. The highest BCUT2D eigenvalue weighted by Gasteiger charge is 2.03. The van der Waals surface area contributed by atoms with E-state index >= 15 is 0 Å². The van der Waals surface area contributed by atoms with Crippen molar-refractivity contribution >= 4 is 35.8 Å². The smallest absolute Gasteiger partial charge is 0.224 e. The number of nitrogens with one attached hydrogen (secondary N) is 3. The van der Waals surface area contributed by atoms with E-state index in [9.17, 15) is 9.18 Å². The van der Waals surface area contributed by atoms with Crippen molar-refractivity contribution in [2.24, 2.45) is 4.99 Å². The first-order chi connectivity index (χ1) is 12.2. The van der Waals surface area contributed by atoms with E-state index in [-0.39, 0.29) is 42.1 Å². The van der Waals surface area contributed by atoms with Crippen molar-refractivity contribution in [1.29, 1.82) is 0 Å². The Bertz CT molecular complexity index is 692. The lowest BCUT2D eigenvalue weighted by molar-refractivity contribution is -0.120. The van der Waals surface area contributed by atoms with E-state index in [1.54, 1.807) is 19.2 Å². The van der Waals surface area contributed by atoms with Crippen molar-refractivity contribution in [1.82, 2.24) is 16.0 Å². The van der Waals surface area contributed by atoms with Crippen molar-refractivity contribution in [2.45, 2.75) is 13.0 Å². The Morgan fingerprint density at radius 3 is 2.23 bits per heavy atom. The molecule has 140 valence electrons. The summed E-state index contributed by atoms with van der Waals surface area (Å²) in [5.74, 6) is 0.278. The average molecular weight is 470 g/mol. The summed E-state index contributed by atoms with van der Waals surface area (Å²) in [5.41, 5.74) is 1.95. The first-order valence-electron chi connectivity index (χ1n) is 8.17. The number of benzene rings is 2. The Morgan fingerprint density at radius 1 is 0.923 bits per heavy atom. The summed E-state index contributed by atoms with van der Waals surface area (Å²) in [4.78, 5) is 16.0. The number of rotatable bonds is 7. The van der Waals surface area contributed by atoms with E-state index in [1.165, 1.54) is 12.1 Å². The van der Waals surface area contributed by atoms with E-state index in [1.807, 2.05) is 30.3 Å². The third-order valence-electron chi connectivity index (χ3n) is 3.54. The van der Waals surface area contributed by atoms with Crippen LogP contribution in [0.4, 0.5) is 4.39 Å². The maximum Gasteiger partial charge on any atom is 0.224 e. The highest BCUT2D eigenvalue weighted by molar-refractivity contribution is 14.0. The summed E-state index contributed by atoms with van der Waals surface area (Å²) in [5, 5.41) is 9.17. The Labute approximate surface area is 170 Å². The van der Waals surface area contributed by atoms with Gasteiger partial charge in [-0.25, -0.2) is 4.39 Å². The Kier molecular flexibility index (Phi) is 10.3. The highest BCUT2D eigenvalue weighted by atomic mass is 127. The van der Waals surface area contributed by atoms with Gasteiger partial charge in [0.05, 0.1) is 6.42 Å². The van der Waals surface area contributed by atoms with E-state index in [0.29, 0.717) is 25.6 Å². The topological polar surface area (TPSA) is 65.5 Å². The molecule has 1 amide bonds. The van der Waals surface area contributed by atoms with Crippen LogP contribution >= 0.6 is 24.0 Å². The fourth-order valence-electron chi connectivity index (χ4n) is 2.24. The van der Waals surface area contributed by atoms with Gasteiger partial charge in [-0.2, -0.15) is 0 Å². The molecule has 2 rings (SSSR count). The van der Waals surface area contributed by atoms with E-state index < -0.39 is 0 Å². The van der Waals surface area contributed by atoms with Gasteiger partial charge < -0.3 is 16.0 Å². The molecule has 0 unspecified atom stereocenters. The van der Waals surface area contributed by atoms with Gasteiger partial charge >= 0.3 is 0 Å². The van der Waals surface area contributed by atoms with E-state index in [2.05, 4.69) is 20.9 Å². The van der Waals surface area contributed by atoms with Crippen LogP contribution in [0.1, 0.15) is 11.1 Å². The van der Waals surface area contributed by atoms with Crippen molar-refractivity contribution in [3.8, 4) is 0 Å². The molecule has 0 saturated carbocycles. The molecule has 0 aromatic heterocycles. The minimum atomic E-state index is -0.303. The first-order valence-corrected chi connectivity index (χ1v) is 8.17. The van der Waals surface area contributed by atoms with Crippen LogP contribution in [0.2, 0.25) is 0 Å². The number of aliphatic imine (C=N–C) groups is 1. The van der Waals surface area contributed by atoms with Gasteiger partial charge in [0.25, 0.3) is 0 Å². The Hall–Kier alpha value is -2.16. The zero-order chi connectivity index (χ0) is 17.9. The Morgan fingerprint density at radius 2 is 1.58 bits per heavy atom. The Balaban J connectivity index is 0.00000338. The summed E-state index contributed by atoms with van der Waals surface area (Å²) < 4.78 is 12.8. The number of halogens is 2. The fourth-order valence-corrected chi connectivity index (χ4v) is 2.24. The van der Waals surface area contributed by atoms with Crippen LogP contribution in [0.25, 0.3) is 0 Å². The molecule has 0 aliphatic rings. The van der Waals surface area contributed by atoms with Gasteiger partial charge in [0.1, 0.15) is 5.82 Å². The van der Waals surface area contributed by atoms with Crippen LogP contribution in [-0.4, -0.2) is 32.0 Å². The number of amides is 1. The normalized spacial score (nSPS) is 10.6. The average Bonchev–Trinajstić information content (AvgIpc) is 2.64. The lowest BCUT2D eigenvalue weighted by Crippen LogP contribution is -2.41. The van der Waals surface area contributed by atoms with Crippen molar-refractivity contribution in [3.05, 3.63) is 71.5 Å². The van der Waals surface area contributed by atoms with Crippen LogP contribution < -0.4 is 16.0 Å². The standard InChI is InChI=1S/C19H23FN4O.HI/c1-21-19(24-14-16-5-3-2-4-6-16)23-12-11-22-18(25)13-15-7-9-17(20)10-8-15;/h2-10H,11-14H2,1H3,(H,22,25)(H2,21,23,24);1H. The summed E-state index contributed by atoms with van der Waals surface area (Å²) in [6, 6.07) is 16.0. The molecule has 0 fully saturated rings. The molecule has 0 atom stereocenters. The molecule has 0 radical (unpaired) electrons. The maximum absolute atomic E-state index is 12.8. The molecule has 0 aliphatic heterocycles. The number of guanidine groups is 1. The number of carbonyl (C=O) groups is 1. The summed E-state index contributed by atoms with van der Waals surface area (Å²) in [6.45, 7) is 1.72. The lowest BCUT2D eigenvalue weighted by atomic mass is 10.1. The van der Waals surface area contributed by atoms with Gasteiger partial charge in [-0.15, -0.1) is 24.0 Å².